The fourth-order valence-electron chi connectivity index (χ4n) is 4.70. The number of alkyl halides is 3. The summed E-state index contributed by atoms with van der Waals surface area (Å²) in [5, 5.41) is 5.03. The van der Waals surface area contributed by atoms with Crippen LogP contribution in [0.2, 0.25) is 0 Å². The summed E-state index contributed by atoms with van der Waals surface area (Å²) in [6, 6.07) is 16.5. The van der Waals surface area contributed by atoms with Crippen molar-refractivity contribution in [3.63, 3.8) is 0 Å². The van der Waals surface area contributed by atoms with Crippen LogP contribution in [0.15, 0.2) is 106 Å². The van der Waals surface area contributed by atoms with Crippen molar-refractivity contribution in [3.05, 3.63) is 102 Å². The van der Waals surface area contributed by atoms with Gasteiger partial charge < -0.3 is 5.32 Å². The summed E-state index contributed by atoms with van der Waals surface area (Å²) in [6.45, 7) is 0. The zero-order chi connectivity index (χ0) is 28.1. The number of fused-ring (bicyclic) bond motifs is 2. The smallest absolute Gasteiger partial charge is 0.353 e. The normalized spacial score (nSPS) is 15.8. The van der Waals surface area contributed by atoms with Gasteiger partial charge in [-0.2, -0.15) is 24.1 Å². The maximum atomic E-state index is 14.2. The summed E-state index contributed by atoms with van der Waals surface area (Å²) in [5.41, 5.74) is 2.50. The van der Waals surface area contributed by atoms with E-state index in [1.807, 2.05) is 35.7 Å². The van der Waals surface area contributed by atoms with Crippen molar-refractivity contribution in [3.8, 4) is 11.1 Å². The molecule has 1 unspecified atom stereocenters. The van der Waals surface area contributed by atoms with Gasteiger partial charge in [-0.05, 0) is 70.0 Å². The van der Waals surface area contributed by atoms with E-state index >= 15 is 0 Å². The van der Waals surface area contributed by atoms with E-state index in [0.717, 1.165) is 22.8 Å². The van der Waals surface area contributed by atoms with Gasteiger partial charge in [-0.25, -0.2) is 8.42 Å². The second-order valence-corrected chi connectivity index (χ2v) is 13.2. The van der Waals surface area contributed by atoms with Crippen LogP contribution in [0.1, 0.15) is 11.1 Å². The van der Waals surface area contributed by atoms with E-state index in [0.29, 0.717) is 32.7 Å². The first-order valence-corrected chi connectivity index (χ1v) is 15.3. The maximum absolute atomic E-state index is 14.2. The van der Waals surface area contributed by atoms with Crippen molar-refractivity contribution in [2.24, 2.45) is 0 Å². The minimum atomic E-state index is -4.57. The van der Waals surface area contributed by atoms with Crippen molar-refractivity contribution in [2.45, 2.75) is 20.9 Å². The third-order valence-corrected chi connectivity index (χ3v) is 9.81. The standard InChI is InChI=1S/C29H21F3N4O2S2/c1-40(37,38)27-6-8-33-17-25(27)36-21-15-23(28-24(16-21)34-9-10-35-28)19-12-20(29(30,31)32)14-22(13-19)39-11-7-18-4-2-3-5-26(18)39/h2-17,36,39H,1H3. The summed E-state index contributed by atoms with van der Waals surface area (Å²) in [5.74, 6) is 0. The molecule has 1 aliphatic heterocycles. The number of pyridine rings is 1. The number of hydrogen-bond donors (Lipinski definition) is 2. The summed E-state index contributed by atoms with van der Waals surface area (Å²) >= 11 is 0. The molecular weight excluding hydrogens is 557 g/mol. The van der Waals surface area contributed by atoms with Gasteiger partial charge in [0.15, 0.2) is 9.84 Å². The maximum Gasteiger partial charge on any atom is 0.416 e. The molecule has 0 amide bonds. The fraction of sp³-hybridized carbons (Fsp3) is 0.0690. The third kappa shape index (κ3) is 4.93. The molecule has 5 aromatic rings. The van der Waals surface area contributed by atoms with Crippen LogP contribution in [0.25, 0.3) is 28.2 Å². The number of benzene rings is 3. The lowest BCUT2D eigenvalue weighted by molar-refractivity contribution is -0.137. The van der Waals surface area contributed by atoms with Crippen molar-refractivity contribution < 1.29 is 21.6 Å². The molecule has 1 aliphatic rings. The molecule has 0 spiro atoms. The van der Waals surface area contributed by atoms with E-state index in [1.54, 1.807) is 18.2 Å². The van der Waals surface area contributed by atoms with E-state index in [-0.39, 0.29) is 10.6 Å². The second-order valence-electron chi connectivity index (χ2n) is 9.23. The van der Waals surface area contributed by atoms with Gasteiger partial charge in [-0.1, -0.05) is 18.2 Å². The molecule has 0 bridgehead atoms. The number of rotatable bonds is 5. The Labute approximate surface area is 230 Å². The van der Waals surface area contributed by atoms with E-state index in [2.05, 4.69) is 20.3 Å². The molecule has 0 radical (unpaired) electrons. The van der Waals surface area contributed by atoms with Gasteiger partial charge in [0.25, 0.3) is 0 Å². The molecule has 2 aromatic heterocycles. The lowest BCUT2D eigenvalue weighted by Crippen LogP contribution is -2.06. The number of aromatic nitrogens is 3. The van der Waals surface area contributed by atoms with Gasteiger partial charge in [0.1, 0.15) is 0 Å². The van der Waals surface area contributed by atoms with Crippen LogP contribution >= 0.6 is 10.9 Å². The minimum absolute atomic E-state index is 0.0409. The summed E-state index contributed by atoms with van der Waals surface area (Å²) in [6.07, 6.45) is 4.19. The number of thiol groups is 1. The Bertz CT molecular complexity index is 1930. The largest absolute Gasteiger partial charge is 0.416 e. The van der Waals surface area contributed by atoms with E-state index in [4.69, 9.17) is 0 Å². The Morgan fingerprint density at radius 1 is 0.925 bits per heavy atom. The lowest BCUT2D eigenvalue weighted by Gasteiger charge is -2.20. The van der Waals surface area contributed by atoms with Crippen LogP contribution in [-0.4, -0.2) is 29.6 Å². The fourth-order valence-corrected chi connectivity index (χ4v) is 7.66. The highest BCUT2D eigenvalue weighted by Gasteiger charge is 2.32. The number of nitrogens with one attached hydrogen (secondary N) is 1. The van der Waals surface area contributed by atoms with Crippen LogP contribution in [-0.2, 0) is 16.0 Å². The van der Waals surface area contributed by atoms with Crippen LogP contribution in [0.3, 0.4) is 0 Å². The molecule has 202 valence electrons. The number of anilines is 2. The number of hydrogen-bond acceptors (Lipinski definition) is 6. The van der Waals surface area contributed by atoms with Crippen molar-refractivity contribution in [2.75, 3.05) is 11.6 Å². The first kappa shape index (κ1) is 26.0. The number of halogens is 3. The van der Waals surface area contributed by atoms with Gasteiger partial charge in [-0.3, -0.25) is 15.0 Å². The summed E-state index contributed by atoms with van der Waals surface area (Å²) < 4.78 is 67.2. The summed E-state index contributed by atoms with van der Waals surface area (Å²) in [4.78, 5) is 14.4. The predicted molar refractivity (Wildman–Crippen MR) is 152 cm³/mol. The Hall–Kier alpha value is -4.22. The molecule has 0 aliphatic carbocycles. The predicted octanol–water partition coefficient (Wildman–Crippen LogP) is 7.26. The molecule has 6 nitrogen and oxygen atoms in total. The van der Waals surface area contributed by atoms with E-state index in [9.17, 15) is 21.6 Å². The monoisotopic (exact) mass is 578 g/mol. The van der Waals surface area contributed by atoms with Crippen molar-refractivity contribution >= 4 is 49.2 Å². The first-order valence-electron chi connectivity index (χ1n) is 12.0. The molecule has 0 saturated heterocycles. The van der Waals surface area contributed by atoms with Crippen LogP contribution in [0, 0.1) is 0 Å². The molecule has 3 heterocycles. The first-order chi connectivity index (χ1) is 19.1. The molecule has 1 atom stereocenters. The molecule has 1 N–H and O–H groups in total. The Morgan fingerprint density at radius 2 is 1.73 bits per heavy atom. The van der Waals surface area contributed by atoms with Crippen molar-refractivity contribution in [1.29, 1.82) is 0 Å². The summed E-state index contributed by atoms with van der Waals surface area (Å²) in [7, 11) is -4.72. The highest BCUT2D eigenvalue weighted by molar-refractivity contribution is 8.20. The van der Waals surface area contributed by atoms with Crippen LogP contribution in [0.4, 0.5) is 24.5 Å². The highest BCUT2D eigenvalue weighted by atomic mass is 32.2. The topological polar surface area (TPSA) is 84.8 Å². The van der Waals surface area contributed by atoms with Gasteiger partial charge in [0, 0.05) is 41.0 Å². The average molecular weight is 579 g/mol. The Morgan fingerprint density at radius 3 is 2.52 bits per heavy atom. The van der Waals surface area contributed by atoms with Gasteiger partial charge in [0.05, 0.1) is 33.4 Å². The molecule has 0 saturated carbocycles. The van der Waals surface area contributed by atoms with Crippen molar-refractivity contribution in [1.82, 2.24) is 15.0 Å². The molecule has 11 heteroatoms. The third-order valence-electron chi connectivity index (χ3n) is 6.47. The molecule has 0 fully saturated rings. The van der Waals surface area contributed by atoms with Crippen LogP contribution in [0.5, 0.6) is 0 Å². The van der Waals surface area contributed by atoms with E-state index in [1.165, 1.54) is 36.9 Å². The zero-order valence-electron chi connectivity index (χ0n) is 20.9. The van der Waals surface area contributed by atoms with Gasteiger partial charge in [-0.15, -0.1) is 0 Å². The Kier molecular flexibility index (Phi) is 6.35. The van der Waals surface area contributed by atoms with Crippen LogP contribution < -0.4 is 5.32 Å². The zero-order valence-corrected chi connectivity index (χ0v) is 22.6. The lowest BCUT2D eigenvalue weighted by atomic mass is 10.00. The van der Waals surface area contributed by atoms with Gasteiger partial charge in [0.2, 0.25) is 0 Å². The minimum Gasteiger partial charge on any atom is -0.353 e. The number of nitrogens with zero attached hydrogens (tertiary/aromatic N) is 3. The Balaban J connectivity index is 1.54. The molecule has 40 heavy (non-hydrogen) atoms. The average Bonchev–Trinajstić information content (AvgIpc) is 3.36. The molecule has 3 aromatic carbocycles. The number of sulfone groups is 1. The molecular formula is C29H21F3N4O2S2. The quantitative estimate of drug-likeness (QED) is 0.214. The van der Waals surface area contributed by atoms with E-state index < -0.39 is 32.5 Å². The second kappa shape index (κ2) is 9.76. The highest BCUT2D eigenvalue weighted by Crippen LogP contribution is 2.53. The SMILES string of the molecule is CS(=O)(=O)c1ccncc1Nc1cc(-c2cc([SH]3C=Cc4ccccc43)cc(C(F)(F)F)c2)c2nccnc2c1. The van der Waals surface area contributed by atoms with Gasteiger partial charge >= 0.3 is 6.18 Å². The molecule has 6 rings (SSSR count).